The molecule has 3 rings (SSSR count). The third-order valence-corrected chi connectivity index (χ3v) is 5.76. The van der Waals surface area contributed by atoms with Gasteiger partial charge in [-0.25, -0.2) is 4.98 Å². The monoisotopic (exact) mass is 382 g/mol. The Balaban J connectivity index is 1.49. The van der Waals surface area contributed by atoms with Crippen LogP contribution >= 0.6 is 39.0 Å². The smallest absolute Gasteiger partial charge is 0.226 e. The molecule has 0 aliphatic heterocycles. The molecule has 0 radical (unpaired) electrons. The van der Waals surface area contributed by atoms with Gasteiger partial charge >= 0.3 is 0 Å². The third-order valence-electron chi connectivity index (χ3n) is 3.09. The maximum atomic E-state index is 11.7. The predicted molar refractivity (Wildman–Crippen MR) is 90.7 cm³/mol. The minimum atomic E-state index is 0.0901. The van der Waals surface area contributed by atoms with E-state index in [-0.39, 0.29) is 5.91 Å². The SMILES string of the molecule is O=C(Cc1csc(SCc2ccc(Br)cc2)n1)NC1CC1. The lowest BCUT2D eigenvalue weighted by Crippen LogP contribution is -2.27. The maximum absolute atomic E-state index is 11.7. The second-order valence-corrected chi connectivity index (χ2v) is 8.03. The van der Waals surface area contributed by atoms with Gasteiger partial charge in [-0.1, -0.05) is 39.8 Å². The summed E-state index contributed by atoms with van der Waals surface area (Å²) in [5.74, 6) is 0.987. The van der Waals surface area contributed by atoms with E-state index in [4.69, 9.17) is 0 Å². The molecule has 1 saturated carbocycles. The number of thioether (sulfide) groups is 1. The molecule has 6 heteroatoms. The molecule has 1 fully saturated rings. The first-order valence-electron chi connectivity index (χ1n) is 6.80. The van der Waals surface area contributed by atoms with E-state index < -0.39 is 0 Å². The van der Waals surface area contributed by atoms with Crippen LogP contribution in [0.2, 0.25) is 0 Å². The van der Waals surface area contributed by atoms with Crippen LogP contribution in [-0.2, 0) is 17.0 Å². The van der Waals surface area contributed by atoms with Gasteiger partial charge in [-0.3, -0.25) is 4.79 Å². The van der Waals surface area contributed by atoms with Crippen LogP contribution in [0.25, 0.3) is 0 Å². The molecule has 1 aliphatic carbocycles. The van der Waals surface area contributed by atoms with Crippen LogP contribution in [0, 0.1) is 0 Å². The quantitative estimate of drug-likeness (QED) is 0.767. The van der Waals surface area contributed by atoms with Crippen LogP contribution in [0.3, 0.4) is 0 Å². The Labute approximate surface area is 140 Å². The van der Waals surface area contributed by atoms with Gasteiger partial charge in [0.1, 0.15) is 4.34 Å². The minimum Gasteiger partial charge on any atom is -0.353 e. The third kappa shape index (κ3) is 4.83. The Hall–Kier alpha value is -0.850. The van der Waals surface area contributed by atoms with E-state index in [1.165, 1.54) is 5.56 Å². The molecule has 0 saturated heterocycles. The number of carbonyl (C=O) groups excluding carboxylic acids is 1. The highest BCUT2D eigenvalue weighted by Crippen LogP contribution is 2.27. The fourth-order valence-electron chi connectivity index (χ4n) is 1.83. The zero-order valence-electron chi connectivity index (χ0n) is 11.3. The predicted octanol–water partition coefficient (Wildman–Crippen LogP) is 4.02. The number of aromatic nitrogens is 1. The van der Waals surface area contributed by atoms with E-state index in [2.05, 4.69) is 38.4 Å². The van der Waals surface area contributed by atoms with Gasteiger partial charge in [0.05, 0.1) is 12.1 Å². The number of hydrogen-bond donors (Lipinski definition) is 1. The van der Waals surface area contributed by atoms with Crippen molar-refractivity contribution in [3.8, 4) is 0 Å². The number of halogens is 1. The summed E-state index contributed by atoms with van der Waals surface area (Å²) in [6.45, 7) is 0. The van der Waals surface area contributed by atoms with Gasteiger partial charge in [0.2, 0.25) is 5.91 Å². The summed E-state index contributed by atoms with van der Waals surface area (Å²) in [7, 11) is 0. The fourth-order valence-corrected chi connectivity index (χ4v) is 3.90. The fraction of sp³-hybridized carbons (Fsp3) is 0.333. The van der Waals surface area contributed by atoms with Crippen molar-refractivity contribution in [3.63, 3.8) is 0 Å². The molecule has 110 valence electrons. The molecule has 3 nitrogen and oxygen atoms in total. The molecular weight excluding hydrogens is 368 g/mol. The van der Waals surface area contributed by atoms with Crippen molar-refractivity contribution < 1.29 is 4.79 Å². The number of amides is 1. The standard InChI is InChI=1S/C15H15BrN2OS2/c16-11-3-1-10(2-4-11)8-20-15-18-13(9-21-15)7-14(19)17-12-5-6-12/h1-4,9,12H,5-8H2,(H,17,19). The van der Waals surface area contributed by atoms with Crippen LogP contribution in [-0.4, -0.2) is 16.9 Å². The number of hydrogen-bond acceptors (Lipinski definition) is 4. The van der Waals surface area contributed by atoms with Crippen LogP contribution in [0.4, 0.5) is 0 Å². The molecule has 0 bridgehead atoms. The van der Waals surface area contributed by atoms with Crippen molar-refractivity contribution in [2.75, 3.05) is 0 Å². The summed E-state index contributed by atoms with van der Waals surface area (Å²) in [5.41, 5.74) is 2.14. The lowest BCUT2D eigenvalue weighted by molar-refractivity contribution is -0.120. The van der Waals surface area contributed by atoms with Gasteiger partial charge in [-0.2, -0.15) is 0 Å². The van der Waals surface area contributed by atoms with Crippen molar-refractivity contribution in [1.29, 1.82) is 0 Å². The van der Waals surface area contributed by atoms with Crippen molar-refractivity contribution in [2.45, 2.75) is 35.4 Å². The first-order chi connectivity index (χ1) is 10.2. The maximum Gasteiger partial charge on any atom is 0.226 e. The summed E-state index contributed by atoms with van der Waals surface area (Å²) >= 11 is 6.76. The zero-order chi connectivity index (χ0) is 14.7. The van der Waals surface area contributed by atoms with Gasteiger partial charge in [0, 0.05) is 21.6 Å². The molecule has 2 aromatic rings. The number of benzene rings is 1. The molecule has 1 aromatic carbocycles. The summed E-state index contributed by atoms with van der Waals surface area (Å²) in [4.78, 5) is 16.2. The summed E-state index contributed by atoms with van der Waals surface area (Å²) in [6, 6.07) is 8.72. The Kier molecular flexibility index (Phi) is 4.98. The topological polar surface area (TPSA) is 42.0 Å². The molecule has 0 atom stereocenters. The van der Waals surface area contributed by atoms with Gasteiger partial charge in [-0.05, 0) is 30.5 Å². The largest absolute Gasteiger partial charge is 0.353 e. The van der Waals surface area contributed by atoms with Crippen molar-refractivity contribution >= 4 is 44.9 Å². The lowest BCUT2D eigenvalue weighted by Gasteiger charge is -2.00. The Bertz CT molecular complexity index is 623. The Morgan fingerprint density at radius 3 is 2.86 bits per heavy atom. The van der Waals surface area contributed by atoms with E-state index >= 15 is 0 Å². The first-order valence-corrected chi connectivity index (χ1v) is 9.46. The summed E-state index contributed by atoms with van der Waals surface area (Å²) in [6.07, 6.45) is 2.64. The Morgan fingerprint density at radius 1 is 1.38 bits per heavy atom. The molecule has 1 heterocycles. The average Bonchev–Trinajstić information content (AvgIpc) is 3.16. The minimum absolute atomic E-state index is 0.0901. The molecule has 1 aliphatic rings. The van der Waals surface area contributed by atoms with Crippen molar-refractivity contribution in [1.82, 2.24) is 10.3 Å². The highest BCUT2D eigenvalue weighted by Gasteiger charge is 2.23. The van der Waals surface area contributed by atoms with Gasteiger partial charge < -0.3 is 5.32 Å². The van der Waals surface area contributed by atoms with Crippen LogP contribution in [0.1, 0.15) is 24.1 Å². The van der Waals surface area contributed by atoms with Crippen LogP contribution < -0.4 is 5.32 Å². The molecule has 0 unspecified atom stereocenters. The number of carbonyl (C=O) groups is 1. The van der Waals surface area contributed by atoms with E-state index in [9.17, 15) is 4.79 Å². The highest BCUT2D eigenvalue weighted by atomic mass is 79.9. The van der Waals surface area contributed by atoms with E-state index in [0.717, 1.165) is 33.1 Å². The van der Waals surface area contributed by atoms with Gasteiger partial charge in [0.25, 0.3) is 0 Å². The molecule has 1 aromatic heterocycles. The zero-order valence-corrected chi connectivity index (χ0v) is 14.6. The van der Waals surface area contributed by atoms with Crippen LogP contribution in [0.5, 0.6) is 0 Å². The van der Waals surface area contributed by atoms with Gasteiger partial charge in [0.15, 0.2) is 0 Å². The number of rotatable bonds is 6. The first kappa shape index (κ1) is 15.1. The summed E-state index contributed by atoms with van der Waals surface area (Å²) < 4.78 is 2.11. The molecule has 1 N–H and O–H groups in total. The lowest BCUT2D eigenvalue weighted by atomic mass is 10.2. The summed E-state index contributed by atoms with van der Waals surface area (Å²) in [5, 5.41) is 4.97. The van der Waals surface area contributed by atoms with E-state index in [0.29, 0.717) is 12.5 Å². The van der Waals surface area contributed by atoms with Crippen LogP contribution in [0.15, 0.2) is 38.5 Å². The Morgan fingerprint density at radius 2 is 2.14 bits per heavy atom. The normalized spacial score (nSPS) is 14.1. The highest BCUT2D eigenvalue weighted by molar-refractivity contribution is 9.10. The average molecular weight is 383 g/mol. The van der Waals surface area contributed by atoms with Gasteiger partial charge in [-0.15, -0.1) is 11.3 Å². The van der Waals surface area contributed by atoms with E-state index in [1.807, 2.05) is 17.5 Å². The number of nitrogens with zero attached hydrogens (tertiary/aromatic N) is 1. The second kappa shape index (κ2) is 6.94. The number of thiazole rings is 1. The second-order valence-electron chi connectivity index (χ2n) is 5.04. The molecule has 1 amide bonds. The molecule has 0 spiro atoms. The number of nitrogens with one attached hydrogen (secondary N) is 1. The molecule has 21 heavy (non-hydrogen) atoms. The molecular formula is C15H15BrN2OS2. The van der Waals surface area contributed by atoms with Crippen molar-refractivity contribution in [3.05, 3.63) is 45.4 Å². The van der Waals surface area contributed by atoms with Crippen molar-refractivity contribution in [2.24, 2.45) is 0 Å². The van der Waals surface area contributed by atoms with E-state index in [1.54, 1.807) is 23.1 Å².